The van der Waals surface area contributed by atoms with Gasteiger partial charge in [0.2, 0.25) is 5.91 Å². The molecule has 6 rings (SSSR count). The summed E-state index contributed by atoms with van der Waals surface area (Å²) in [6, 6.07) is 20.1. The Morgan fingerprint density at radius 3 is 2.56 bits per heavy atom. The fourth-order valence-electron chi connectivity index (χ4n) is 5.49. The van der Waals surface area contributed by atoms with Crippen molar-refractivity contribution < 1.29 is 18.3 Å². The largest absolute Gasteiger partial charge is 0.486 e. The first-order valence-electron chi connectivity index (χ1n) is 13.1. The fraction of sp³-hybridized carbons (Fsp3) is 0.333. The van der Waals surface area contributed by atoms with E-state index in [1.807, 2.05) is 59.8 Å². The van der Waals surface area contributed by atoms with Gasteiger partial charge >= 0.3 is 0 Å². The monoisotopic (exact) mass is 552 g/mol. The van der Waals surface area contributed by atoms with Crippen LogP contribution in [0.3, 0.4) is 0 Å². The van der Waals surface area contributed by atoms with Crippen molar-refractivity contribution in [1.29, 1.82) is 0 Å². The molecule has 0 radical (unpaired) electrons. The number of hydrogen-bond acceptors (Lipinski definition) is 4. The van der Waals surface area contributed by atoms with Crippen LogP contribution < -0.4 is 10.1 Å². The van der Waals surface area contributed by atoms with Gasteiger partial charge in [-0.05, 0) is 43.0 Å². The van der Waals surface area contributed by atoms with Crippen molar-refractivity contribution in [3.8, 4) is 5.75 Å². The number of nitrogens with zero attached hydrogens (tertiary/aromatic N) is 3. The van der Waals surface area contributed by atoms with Crippen molar-refractivity contribution in [1.82, 2.24) is 19.8 Å². The zero-order chi connectivity index (χ0) is 26.1. The molecular weight excluding hydrogens is 522 g/mol. The number of benzene rings is 3. The van der Waals surface area contributed by atoms with Gasteiger partial charge in [0.1, 0.15) is 12.4 Å². The Kier molecular flexibility index (Phi) is 8.14. The lowest BCUT2D eigenvalue weighted by atomic mass is 10.0. The van der Waals surface area contributed by atoms with Gasteiger partial charge < -0.3 is 19.5 Å². The molecule has 1 N–H and O–H groups in total. The number of rotatable bonds is 8. The lowest BCUT2D eigenvalue weighted by Crippen LogP contribution is -2.43. The average Bonchev–Trinajstić information content (AvgIpc) is 3.59. The van der Waals surface area contributed by atoms with E-state index in [0.717, 1.165) is 35.5 Å². The summed E-state index contributed by atoms with van der Waals surface area (Å²) in [6.45, 7) is 1.79. The van der Waals surface area contributed by atoms with E-state index in [0.29, 0.717) is 31.1 Å². The lowest BCUT2D eigenvalue weighted by Gasteiger charge is -2.33. The highest BCUT2D eigenvalue weighted by Crippen LogP contribution is 2.46. The van der Waals surface area contributed by atoms with Crippen LogP contribution in [-0.2, 0) is 11.4 Å². The molecular formula is C30H31ClF2N4O2. The molecule has 1 aliphatic carbocycles. The van der Waals surface area contributed by atoms with Gasteiger partial charge in [0.25, 0.3) is 0 Å². The van der Waals surface area contributed by atoms with E-state index in [9.17, 15) is 13.6 Å². The molecule has 1 saturated carbocycles. The molecule has 204 valence electrons. The van der Waals surface area contributed by atoms with Gasteiger partial charge in [-0.3, -0.25) is 4.79 Å². The Bertz CT molecular complexity index is 1440. The van der Waals surface area contributed by atoms with Gasteiger partial charge in [0, 0.05) is 42.7 Å². The molecule has 2 heterocycles. The Morgan fingerprint density at radius 1 is 1.03 bits per heavy atom. The molecule has 1 amide bonds. The van der Waals surface area contributed by atoms with Crippen molar-refractivity contribution in [2.24, 2.45) is 0 Å². The van der Waals surface area contributed by atoms with Crippen molar-refractivity contribution in [3.63, 3.8) is 0 Å². The summed E-state index contributed by atoms with van der Waals surface area (Å²) < 4.78 is 36.8. The summed E-state index contributed by atoms with van der Waals surface area (Å²) in [5, 5.41) is 3.30. The molecule has 0 unspecified atom stereocenters. The van der Waals surface area contributed by atoms with E-state index >= 15 is 0 Å². The van der Waals surface area contributed by atoms with Crippen LogP contribution in [-0.4, -0.2) is 46.0 Å². The molecule has 9 heteroatoms. The number of halogens is 3. The van der Waals surface area contributed by atoms with Crippen LogP contribution in [0.2, 0.25) is 0 Å². The van der Waals surface area contributed by atoms with Gasteiger partial charge in [-0.2, -0.15) is 0 Å². The van der Waals surface area contributed by atoms with E-state index in [2.05, 4.69) is 20.9 Å². The summed E-state index contributed by atoms with van der Waals surface area (Å²) in [7, 11) is 0. The van der Waals surface area contributed by atoms with Crippen LogP contribution in [0.25, 0.3) is 11.0 Å². The smallest absolute Gasteiger partial charge is 0.236 e. The maximum absolute atomic E-state index is 14.7. The van der Waals surface area contributed by atoms with Crippen molar-refractivity contribution in [2.45, 2.75) is 43.9 Å². The molecule has 39 heavy (non-hydrogen) atoms. The van der Waals surface area contributed by atoms with Gasteiger partial charge in [-0.25, -0.2) is 13.8 Å². The topological polar surface area (TPSA) is 59.4 Å². The number of aromatic nitrogens is 2. The van der Waals surface area contributed by atoms with E-state index < -0.39 is 11.6 Å². The Hall–Kier alpha value is -3.49. The number of hydrogen-bond donors (Lipinski definition) is 1. The third-order valence-corrected chi connectivity index (χ3v) is 7.66. The number of para-hydroxylation sites is 2. The number of likely N-dealkylation sites (tertiary alicyclic amines) is 1. The fourth-order valence-corrected chi connectivity index (χ4v) is 5.49. The van der Waals surface area contributed by atoms with Gasteiger partial charge in [0.05, 0.1) is 23.9 Å². The number of fused-ring (bicyclic) bond motifs is 1. The number of amides is 1. The molecule has 1 aliphatic heterocycles. The zero-order valence-corrected chi connectivity index (χ0v) is 22.2. The normalized spacial score (nSPS) is 19.1. The molecule has 4 aromatic rings. The number of carbonyl (C=O) groups excluding carboxylic acids is 1. The maximum atomic E-state index is 14.7. The number of nitrogens with one attached hydrogen (secondary N) is 1. The number of ether oxygens (including phenoxy) is 1. The van der Waals surface area contributed by atoms with E-state index in [-0.39, 0.29) is 49.2 Å². The highest BCUT2D eigenvalue weighted by atomic mass is 35.5. The predicted molar refractivity (Wildman–Crippen MR) is 148 cm³/mol. The highest BCUT2D eigenvalue weighted by molar-refractivity contribution is 5.85. The minimum atomic E-state index is -0.703. The molecule has 1 aromatic heterocycles. The third kappa shape index (κ3) is 5.92. The van der Waals surface area contributed by atoms with Crippen LogP contribution in [0.15, 0.2) is 73.1 Å². The maximum Gasteiger partial charge on any atom is 0.236 e. The SMILES string of the molecule is Cl.O=C(CN[C@@H]1C[C@H]1c1cc(F)cc(F)c1OCc1ccccc1)N1CCC(n2cnc3ccccc32)CC1. The van der Waals surface area contributed by atoms with Crippen molar-refractivity contribution >= 4 is 29.3 Å². The summed E-state index contributed by atoms with van der Waals surface area (Å²) in [5.74, 6) is -1.29. The first kappa shape index (κ1) is 27.1. The average molecular weight is 553 g/mol. The highest BCUT2D eigenvalue weighted by Gasteiger charge is 2.41. The third-order valence-electron chi connectivity index (χ3n) is 7.66. The van der Waals surface area contributed by atoms with Crippen LogP contribution in [0, 0.1) is 11.6 Å². The minimum Gasteiger partial charge on any atom is -0.486 e. The van der Waals surface area contributed by atoms with E-state index in [1.165, 1.54) is 6.07 Å². The molecule has 2 atom stereocenters. The molecule has 2 fully saturated rings. The molecule has 0 bridgehead atoms. The quantitative estimate of drug-likeness (QED) is 0.308. The van der Waals surface area contributed by atoms with Crippen molar-refractivity contribution in [3.05, 3.63) is 95.8 Å². The van der Waals surface area contributed by atoms with Gasteiger partial charge in [-0.1, -0.05) is 42.5 Å². The second kappa shape index (κ2) is 11.7. The van der Waals surface area contributed by atoms with Crippen LogP contribution in [0.4, 0.5) is 8.78 Å². The Balaban J connectivity index is 0.00000308. The molecule has 1 saturated heterocycles. The Morgan fingerprint density at radius 2 is 1.77 bits per heavy atom. The summed E-state index contributed by atoms with van der Waals surface area (Å²) in [4.78, 5) is 19.3. The number of piperidine rings is 1. The second-order valence-corrected chi connectivity index (χ2v) is 10.2. The molecule has 3 aromatic carbocycles. The van der Waals surface area contributed by atoms with Gasteiger partial charge in [-0.15, -0.1) is 12.4 Å². The standard InChI is InChI=1S/C30H30F2N4O2.ClH/c31-21-14-24(30(25(32)15-21)38-18-20-6-2-1-3-7-20)23-16-27(23)33-17-29(37)35-12-10-22(11-13-35)36-19-34-26-8-4-5-9-28(26)36;/h1-9,14-15,19,22-23,27,33H,10-13,16-18H2;1H/t23-,27+;/m0./s1. The molecule has 6 nitrogen and oxygen atoms in total. The predicted octanol–water partition coefficient (Wildman–Crippen LogP) is 5.62. The Labute approximate surface area is 232 Å². The van der Waals surface area contributed by atoms with Crippen LogP contribution in [0.1, 0.15) is 42.3 Å². The first-order chi connectivity index (χ1) is 18.6. The zero-order valence-electron chi connectivity index (χ0n) is 21.4. The van der Waals surface area contributed by atoms with E-state index in [1.54, 1.807) is 0 Å². The number of carbonyl (C=O) groups is 1. The summed E-state index contributed by atoms with van der Waals surface area (Å²) in [6.07, 6.45) is 4.36. The van der Waals surface area contributed by atoms with E-state index in [4.69, 9.17) is 4.74 Å². The van der Waals surface area contributed by atoms with Crippen molar-refractivity contribution in [2.75, 3.05) is 19.6 Å². The van der Waals surface area contributed by atoms with Crippen LogP contribution in [0.5, 0.6) is 5.75 Å². The lowest BCUT2D eigenvalue weighted by molar-refractivity contribution is -0.131. The molecule has 0 spiro atoms. The summed E-state index contributed by atoms with van der Waals surface area (Å²) in [5.41, 5.74) is 3.53. The molecule has 2 aliphatic rings. The first-order valence-corrected chi connectivity index (χ1v) is 13.1. The second-order valence-electron chi connectivity index (χ2n) is 10.2. The minimum absolute atomic E-state index is 0. The number of imidazole rings is 1. The van der Waals surface area contributed by atoms with Gasteiger partial charge in [0.15, 0.2) is 11.6 Å². The summed E-state index contributed by atoms with van der Waals surface area (Å²) >= 11 is 0. The van der Waals surface area contributed by atoms with Crippen LogP contribution >= 0.6 is 12.4 Å².